The second kappa shape index (κ2) is 12.8. The lowest BCUT2D eigenvalue weighted by molar-refractivity contribution is -0.137. The Morgan fingerprint density at radius 1 is 1.03 bits per heavy atom. The lowest BCUT2D eigenvalue weighted by atomic mass is 9.90. The first-order valence-electron chi connectivity index (χ1n) is 13.3. The summed E-state index contributed by atoms with van der Waals surface area (Å²) >= 11 is 0. The van der Waals surface area contributed by atoms with Gasteiger partial charge >= 0.3 is 0 Å². The van der Waals surface area contributed by atoms with E-state index in [0.717, 1.165) is 33.4 Å². The molecular formula is C31H36N4O4. The van der Waals surface area contributed by atoms with Crippen molar-refractivity contribution < 1.29 is 14.7 Å². The molecule has 0 saturated carbocycles. The van der Waals surface area contributed by atoms with Crippen LogP contribution < -0.4 is 11.1 Å². The van der Waals surface area contributed by atoms with Crippen LogP contribution in [0, 0.1) is 18.8 Å². The second-order valence-corrected chi connectivity index (χ2v) is 10.4. The largest absolute Gasteiger partial charge is 0.391 e. The number of nitroso groups, excluding NO2 is 1. The lowest BCUT2D eigenvalue weighted by Gasteiger charge is -2.38. The van der Waals surface area contributed by atoms with Crippen LogP contribution in [0.25, 0.3) is 0 Å². The zero-order valence-corrected chi connectivity index (χ0v) is 22.5. The molecule has 0 aliphatic carbocycles. The first-order chi connectivity index (χ1) is 18.7. The highest BCUT2D eigenvalue weighted by atomic mass is 16.3. The van der Waals surface area contributed by atoms with Crippen molar-refractivity contribution in [3.05, 3.63) is 105 Å². The van der Waals surface area contributed by atoms with Crippen molar-refractivity contribution in [2.24, 2.45) is 10.9 Å². The molecule has 1 unspecified atom stereocenters. The number of carbonyl (C=O) groups is 2. The van der Waals surface area contributed by atoms with Gasteiger partial charge in [0.15, 0.2) is 0 Å². The summed E-state index contributed by atoms with van der Waals surface area (Å²) in [5.41, 5.74) is 12.6. The molecule has 0 saturated heterocycles. The molecule has 1 aliphatic heterocycles. The average Bonchev–Trinajstić information content (AvgIpc) is 2.93. The van der Waals surface area contributed by atoms with Gasteiger partial charge in [-0.3, -0.25) is 9.59 Å². The van der Waals surface area contributed by atoms with Crippen LogP contribution in [0.5, 0.6) is 0 Å². The third kappa shape index (κ3) is 7.16. The molecule has 1 aliphatic rings. The van der Waals surface area contributed by atoms with Crippen LogP contribution in [0.1, 0.15) is 39.8 Å². The first-order valence-corrected chi connectivity index (χ1v) is 13.3. The molecule has 0 fully saturated rings. The molecule has 0 spiro atoms. The van der Waals surface area contributed by atoms with Crippen LogP contribution in [0.2, 0.25) is 0 Å². The Bertz CT molecular complexity index is 1300. The third-order valence-electron chi connectivity index (χ3n) is 7.44. The van der Waals surface area contributed by atoms with Crippen LogP contribution in [0.4, 0.5) is 5.69 Å². The van der Waals surface area contributed by atoms with Gasteiger partial charge in [0.1, 0.15) is 5.69 Å². The summed E-state index contributed by atoms with van der Waals surface area (Å²) in [5, 5.41) is 16.3. The molecule has 3 aromatic rings. The van der Waals surface area contributed by atoms with Crippen LogP contribution in [0.3, 0.4) is 0 Å². The number of nitrogens with zero attached hydrogens (tertiary/aromatic N) is 2. The molecule has 204 valence electrons. The van der Waals surface area contributed by atoms with Gasteiger partial charge in [0.2, 0.25) is 11.8 Å². The molecule has 8 heteroatoms. The van der Waals surface area contributed by atoms with Crippen LogP contribution >= 0.6 is 0 Å². The van der Waals surface area contributed by atoms with Crippen molar-refractivity contribution >= 4 is 17.5 Å². The number of nitrogens with two attached hydrogens (primary N) is 1. The monoisotopic (exact) mass is 528 g/mol. The van der Waals surface area contributed by atoms with Crippen molar-refractivity contribution in [3.63, 3.8) is 0 Å². The lowest BCUT2D eigenvalue weighted by Crippen LogP contribution is -2.53. The number of amides is 2. The summed E-state index contributed by atoms with van der Waals surface area (Å²) < 4.78 is 0. The van der Waals surface area contributed by atoms with Gasteiger partial charge in [0, 0.05) is 32.0 Å². The van der Waals surface area contributed by atoms with Gasteiger partial charge in [-0.25, -0.2) is 0 Å². The SMILES string of the molecule is Cc1cc(N=O)cc(C)c1CC(N)C(=O)N1Cc2ccccc2C[C@H]1CC(=O)NC[C@@H](O)Cc1ccccc1. The standard InChI is InChI=1S/C31H36N4O4/c1-20-12-25(34-39)13-21(2)28(20)17-29(32)31(38)35-19-24-11-7-6-10-23(24)15-26(35)16-30(37)33-18-27(36)14-22-8-4-3-5-9-22/h3-13,26-27,29,36H,14-19,32H2,1-2H3,(H,33,37)/t26-,27-,29?/m0/s1. The predicted molar refractivity (Wildman–Crippen MR) is 151 cm³/mol. The summed E-state index contributed by atoms with van der Waals surface area (Å²) in [5.74, 6) is -0.440. The molecule has 3 aromatic carbocycles. The zero-order chi connectivity index (χ0) is 27.9. The molecule has 0 bridgehead atoms. The Hall–Kier alpha value is -3.88. The van der Waals surface area contributed by atoms with E-state index in [2.05, 4.69) is 10.5 Å². The van der Waals surface area contributed by atoms with E-state index >= 15 is 0 Å². The fourth-order valence-corrected chi connectivity index (χ4v) is 5.37. The van der Waals surface area contributed by atoms with Gasteiger partial charge in [-0.2, -0.15) is 0 Å². The minimum Gasteiger partial charge on any atom is -0.391 e. The second-order valence-electron chi connectivity index (χ2n) is 10.4. The Morgan fingerprint density at radius 3 is 2.33 bits per heavy atom. The Labute approximate surface area is 229 Å². The molecule has 39 heavy (non-hydrogen) atoms. The molecule has 0 radical (unpaired) electrons. The van der Waals surface area contributed by atoms with Crippen LogP contribution in [-0.2, 0) is 35.4 Å². The zero-order valence-electron chi connectivity index (χ0n) is 22.5. The number of rotatable bonds is 10. The molecule has 4 N–H and O–H groups in total. The van der Waals surface area contributed by atoms with Crippen molar-refractivity contribution in [2.75, 3.05) is 6.54 Å². The number of fused-ring (bicyclic) bond motifs is 1. The number of aliphatic hydroxyl groups is 1. The Kier molecular flexibility index (Phi) is 9.22. The number of aliphatic hydroxyl groups excluding tert-OH is 1. The Morgan fingerprint density at radius 2 is 1.67 bits per heavy atom. The highest BCUT2D eigenvalue weighted by Crippen LogP contribution is 2.27. The number of nitrogens with one attached hydrogen (secondary N) is 1. The van der Waals surface area contributed by atoms with E-state index in [0.29, 0.717) is 31.5 Å². The summed E-state index contributed by atoms with van der Waals surface area (Å²) in [6, 6.07) is 19.8. The van der Waals surface area contributed by atoms with Crippen molar-refractivity contribution in [1.82, 2.24) is 10.2 Å². The van der Waals surface area contributed by atoms with Crippen LogP contribution in [-0.4, -0.2) is 46.6 Å². The third-order valence-corrected chi connectivity index (χ3v) is 7.44. The van der Waals surface area contributed by atoms with Crippen molar-refractivity contribution in [1.29, 1.82) is 0 Å². The molecule has 3 atom stereocenters. The van der Waals surface area contributed by atoms with Crippen molar-refractivity contribution in [3.8, 4) is 0 Å². The number of hydrogen-bond donors (Lipinski definition) is 3. The van der Waals surface area contributed by atoms with Crippen molar-refractivity contribution in [2.45, 2.75) is 64.3 Å². The van der Waals surface area contributed by atoms with Gasteiger partial charge in [-0.15, -0.1) is 4.91 Å². The first kappa shape index (κ1) is 28.1. The summed E-state index contributed by atoms with van der Waals surface area (Å²) in [4.78, 5) is 39.3. The summed E-state index contributed by atoms with van der Waals surface area (Å²) in [6.45, 7) is 4.27. The van der Waals surface area contributed by atoms with Gasteiger partial charge in [-0.1, -0.05) is 54.6 Å². The highest BCUT2D eigenvalue weighted by Gasteiger charge is 2.34. The maximum absolute atomic E-state index is 13.7. The minimum absolute atomic E-state index is 0.114. The van der Waals surface area contributed by atoms with E-state index in [1.54, 1.807) is 17.0 Å². The molecule has 2 amide bonds. The van der Waals surface area contributed by atoms with Gasteiger partial charge in [0.05, 0.1) is 12.1 Å². The van der Waals surface area contributed by atoms with E-state index in [1.807, 2.05) is 68.4 Å². The topological polar surface area (TPSA) is 125 Å². The number of hydrogen-bond acceptors (Lipinski definition) is 6. The van der Waals surface area contributed by atoms with Gasteiger partial charge in [-0.05, 0) is 77.4 Å². The van der Waals surface area contributed by atoms with Crippen LogP contribution in [0.15, 0.2) is 71.9 Å². The highest BCUT2D eigenvalue weighted by molar-refractivity contribution is 5.84. The van der Waals surface area contributed by atoms with Gasteiger partial charge in [0.25, 0.3) is 0 Å². The number of carbonyl (C=O) groups excluding carboxylic acids is 2. The number of benzene rings is 3. The van der Waals surface area contributed by atoms with Gasteiger partial charge < -0.3 is 21.1 Å². The quantitative estimate of drug-likeness (QED) is 0.347. The maximum atomic E-state index is 13.7. The van der Waals surface area contributed by atoms with E-state index in [-0.39, 0.29) is 30.8 Å². The average molecular weight is 529 g/mol. The van der Waals surface area contributed by atoms with E-state index in [9.17, 15) is 19.6 Å². The molecule has 4 rings (SSSR count). The number of aryl methyl sites for hydroxylation is 2. The molecular weight excluding hydrogens is 492 g/mol. The maximum Gasteiger partial charge on any atom is 0.240 e. The summed E-state index contributed by atoms with van der Waals surface area (Å²) in [6.07, 6.45) is 0.717. The Balaban J connectivity index is 1.44. The summed E-state index contributed by atoms with van der Waals surface area (Å²) in [7, 11) is 0. The predicted octanol–water partition coefficient (Wildman–Crippen LogP) is 3.63. The fraction of sp³-hybridized carbons (Fsp3) is 0.355. The van der Waals surface area contributed by atoms with E-state index in [1.165, 1.54) is 0 Å². The van der Waals surface area contributed by atoms with E-state index < -0.39 is 12.1 Å². The molecule has 8 nitrogen and oxygen atoms in total. The molecule has 0 aromatic heterocycles. The molecule has 1 heterocycles. The minimum atomic E-state index is -0.805. The fourth-order valence-electron chi connectivity index (χ4n) is 5.37. The smallest absolute Gasteiger partial charge is 0.240 e. The van der Waals surface area contributed by atoms with E-state index in [4.69, 9.17) is 5.73 Å². The normalized spacial score (nSPS) is 16.2.